The van der Waals surface area contributed by atoms with Crippen molar-refractivity contribution in [3.8, 4) is 0 Å². The van der Waals surface area contributed by atoms with Crippen LogP contribution in [0.4, 0.5) is 4.79 Å². The van der Waals surface area contributed by atoms with Gasteiger partial charge in [-0.1, -0.05) is 6.08 Å². The van der Waals surface area contributed by atoms with Gasteiger partial charge in [-0.2, -0.15) is 0 Å². The van der Waals surface area contributed by atoms with Gasteiger partial charge in [0.15, 0.2) is 5.78 Å². The molecule has 2 heterocycles. The van der Waals surface area contributed by atoms with Crippen molar-refractivity contribution in [1.82, 2.24) is 14.4 Å². The Hall–Kier alpha value is -2.70. The zero-order chi connectivity index (χ0) is 18.2. The van der Waals surface area contributed by atoms with E-state index in [0.29, 0.717) is 10.5 Å². The van der Waals surface area contributed by atoms with Crippen LogP contribution in [0.3, 0.4) is 0 Å². The number of nitrogens with zero attached hydrogens (tertiary/aromatic N) is 3. The van der Waals surface area contributed by atoms with E-state index in [2.05, 4.69) is 6.58 Å². The Morgan fingerprint density at radius 3 is 2.25 bits per heavy atom. The van der Waals surface area contributed by atoms with Crippen molar-refractivity contribution in [3.63, 3.8) is 0 Å². The molecule has 1 saturated heterocycles. The molecule has 1 fully saturated rings. The third-order valence-corrected chi connectivity index (χ3v) is 4.05. The van der Waals surface area contributed by atoms with Gasteiger partial charge in [0, 0.05) is 29.5 Å². The molecule has 1 aromatic rings. The Bertz CT molecular complexity index is 745. The number of rotatable bonds is 6. The number of urea groups is 1. The monoisotopic (exact) mass is 331 g/mol. The van der Waals surface area contributed by atoms with E-state index in [-0.39, 0.29) is 18.4 Å². The fourth-order valence-corrected chi connectivity index (χ4v) is 3.06. The second-order valence-corrected chi connectivity index (χ2v) is 6.05. The van der Waals surface area contributed by atoms with Crippen LogP contribution in [0.15, 0.2) is 18.7 Å². The SMILES string of the molecule is C=CCN1C(=O)C(=O)N(CC(=O)c2cc(C)n(C(C)C)c2C)C1=O. The molecule has 0 unspecified atom stereocenters. The van der Waals surface area contributed by atoms with E-state index in [4.69, 9.17) is 0 Å². The summed E-state index contributed by atoms with van der Waals surface area (Å²) < 4.78 is 2.01. The molecule has 2 rings (SSSR count). The molecule has 4 amide bonds. The largest absolute Gasteiger partial charge is 0.346 e. The lowest BCUT2D eigenvalue weighted by Gasteiger charge is -2.15. The van der Waals surface area contributed by atoms with Crippen molar-refractivity contribution >= 4 is 23.6 Å². The summed E-state index contributed by atoms with van der Waals surface area (Å²) in [4.78, 5) is 49.9. The maximum Gasteiger partial charge on any atom is 0.334 e. The summed E-state index contributed by atoms with van der Waals surface area (Å²) in [5.41, 5.74) is 2.16. The second kappa shape index (κ2) is 6.43. The van der Waals surface area contributed by atoms with Gasteiger partial charge in [-0.05, 0) is 33.8 Å². The minimum atomic E-state index is -0.979. The third kappa shape index (κ3) is 2.77. The predicted molar refractivity (Wildman–Crippen MR) is 87.6 cm³/mol. The number of Topliss-reactive ketones (excluding diaryl/α,β-unsaturated/α-hetero) is 1. The Kier molecular flexibility index (Phi) is 4.73. The number of amides is 4. The molecule has 1 aliphatic heterocycles. The molecule has 0 N–H and O–H groups in total. The highest BCUT2D eigenvalue weighted by Crippen LogP contribution is 2.21. The zero-order valence-electron chi connectivity index (χ0n) is 14.3. The van der Waals surface area contributed by atoms with Crippen LogP contribution in [0.1, 0.15) is 41.6 Å². The molecule has 1 aromatic heterocycles. The fraction of sp³-hybridized carbons (Fsp3) is 0.412. The first-order valence-corrected chi connectivity index (χ1v) is 7.70. The topological polar surface area (TPSA) is 79.7 Å². The van der Waals surface area contributed by atoms with E-state index in [0.717, 1.165) is 16.3 Å². The molecule has 24 heavy (non-hydrogen) atoms. The highest BCUT2D eigenvalue weighted by atomic mass is 16.2. The molecular formula is C17H21N3O4. The van der Waals surface area contributed by atoms with Crippen molar-refractivity contribution in [2.75, 3.05) is 13.1 Å². The van der Waals surface area contributed by atoms with Gasteiger partial charge >= 0.3 is 17.8 Å². The Balaban J connectivity index is 2.26. The minimum Gasteiger partial charge on any atom is -0.346 e. The maximum absolute atomic E-state index is 12.6. The normalized spacial score (nSPS) is 15.0. The van der Waals surface area contributed by atoms with Gasteiger partial charge in [-0.3, -0.25) is 19.3 Å². The summed E-state index contributed by atoms with van der Waals surface area (Å²) in [7, 11) is 0. The minimum absolute atomic E-state index is 0.0596. The number of aromatic nitrogens is 1. The number of imide groups is 2. The van der Waals surface area contributed by atoms with E-state index in [1.807, 2.05) is 32.3 Å². The van der Waals surface area contributed by atoms with Gasteiger partial charge in [-0.15, -0.1) is 6.58 Å². The molecule has 0 spiro atoms. The molecular weight excluding hydrogens is 310 g/mol. The fourth-order valence-electron chi connectivity index (χ4n) is 3.06. The van der Waals surface area contributed by atoms with Gasteiger partial charge in [-0.25, -0.2) is 9.69 Å². The second-order valence-electron chi connectivity index (χ2n) is 6.05. The van der Waals surface area contributed by atoms with Crippen LogP contribution in [0.25, 0.3) is 0 Å². The first-order chi connectivity index (χ1) is 11.2. The van der Waals surface area contributed by atoms with Crippen LogP contribution in [0.2, 0.25) is 0 Å². The summed E-state index contributed by atoms with van der Waals surface area (Å²) >= 11 is 0. The molecule has 1 aliphatic rings. The van der Waals surface area contributed by atoms with Gasteiger partial charge < -0.3 is 4.57 Å². The molecule has 128 valence electrons. The van der Waals surface area contributed by atoms with Crippen LogP contribution in [0, 0.1) is 13.8 Å². The Labute approximate surface area is 140 Å². The summed E-state index contributed by atoms with van der Waals surface area (Å²) in [5.74, 6) is -2.28. The molecule has 0 atom stereocenters. The number of carbonyl (C=O) groups excluding carboxylic acids is 4. The van der Waals surface area contributed by atoms with Gasteiger partial charge in [0.2, 0.25) is 0 Å². The zero-order valence-corrected chi connectivity index (χ0v) is 14.3. The van der Waals surface area contributed by atoms with Gasteiger partial charge in [0.05, 0.1) is 6.54 Å². The summed E-state index contributed by atoms with van der Waals surface area (Å²) in [6, 6.07) is 1.15. The van der Waals surface area contributed by atoms with Gasteiger partial charge in [0.25, 0.3) is 0 Å². The molecule has 7 nitrogen and oxygen atoms in total. The molecule has 7 heteroatoms. The Morgan fingerprint density at radius 2 is 1.75 bits per heavy atom. The predicted octanol–water partition coefficient (Wildman–Crippen LogP) is 1.85. The van der Waals surface area contributed by atoms with Crippen LogP contribution < -0.4 is 0 Å². The van der Waals surface area contributed by atoms with Crippen LogP contribution in [-0.4, -0.2) is 51.1 Å². The lowest BCUT2D eigenvalue weighted by molar-refractivity contribution is -0.142. The third-order valence-electron chi connectivity index (χ3n) is 4.05. The average Bonchev–Trinajstić information content (AvgIpc) is 2.91. The highest BCUT2D eigenvalue weighted by molar-refractivity contribution is 6.45. The Morgan fingerprint density at radius 1 is 1.17 bits per heavy atom. The molecule has 0 aromatic carbocycles. The summed E-state index contributed by atoms with van der Waals surface area (Å²) in [6.07, 6.45) is 1.35. The number of carbonyl (C=O) groups is 4. The smallest absolute Gasteiger partial charge is 0.334 e. The van der Waals surface area contributed by atoms with E-state index < -0.39 is 24.4 Å². The number of ketones is 1. The standard InChI is InChI=1S/C17H21N3O4/c1-6-7-18-15(22)16(23)19(17(18)24)9-14(21)13-8-11(4)20(10(2)3)12(13)5/h6,8,10H,1,7,9H2,2-5H3. The van der Waals surface area contributed by atoms with Crippen molar-refractivity contribution in [3.05, 3.63) is 35.7 Å². The lowest BCUT2D eigenvalue weighted by Crippen LogP contribution is -2.37. The number of hydrogen-bond acceptors (Lipinski definition) is 4. The van der Waals surface area contributed by atoms with Crippen molar-refractivity contribution in [2.45, 2.75) is 33.7 Å². The lowest BCUT2D eigenvalue weighted by atomic mass is 10.1. The van der Waals surface area contributed by atoms with Gasteiger partial charge in [0.1, 0.15) is 0 Å². The highest BCUT2D eigenvalue weighted by Gasteiger charge is 2.44. The number of hydrogen-bond donors (Lipinski definition) is 0. The van der Waals surface area contributed by atoms with Crippen LogP contribution in [0.5, 0.6) is 0 Å². The quantitative estimate of drug-likeness (QED) is 0.345. The van der Waals surface area contributed by atoms with E-state index in [1.165, 1.54) is 6.08 Å². The van der Waals surface area contributed by atoms with E-state index in [1.54, 1.807) is 6.07 Å². The van der Waals surface area contributed by atoms with Crippen LogP contribution in [-0.2, 0) is 9.59 Å². The van der Waals surface area contributed by atoms with E-state index in [9.17, 15) is 19.2 Å². The summed E-state index contributed by atoms with van der Waals surface area (Å²) in [6.45, 7) is 10.7. The van der Waals surface area contributed by atoms with Crippen molar-refractivity contribution in [2.24, 2.45) is 0 Å². The molecule has 0 saturated carbocycles. The molecule has 0 aliphatic carbocycles. The van der Waals surface area contributed by atoms with Crippen molar-refractivity contribution in [1.29, 1.82) is 0 Å². The first kappa shape index (κ1) is 17.7. The molecule has 0 radical (unpaired) electrons. The first-order valence-electron chi connectivity index (χ1n) is 7.70. The number of aryl methyl sites for hydroxylation is 1. The average molecular weight is 331 g/mol. The van der Waals surface area contributed by atoms with E-state index >= 15 is 0 Å². The van der Waals surface area contributed by atoms with Crippen molar-refractivity contribution < 1.29 is 19.2 Å². The summed E-state index contributed by atoms with van der Waals surface area (Å²) in [5, 5.41) is 0. The molecule has 0 bridgehead atoms. The maximum atomic E-state index is 12.6. The van der Waals surface area contributed by atoms with Crippen LogP contribution >= 0.6 is 0 Å².